The van der Waals surface area contributed by atoms with Gasteiger partial charge < -0.3 is 5.73 Å². The van der Waals surface area contributed by atoms with Gasteiger partial charge in [-0.05, 0) is 32.4 Å². The van der Waals surface area contributed by atoms with Gasteiger partial charge in [0.25, 0.3) is 5.69 Å². The molecule has 1 aromatic rings. The summed E-state index contributed by atoms with van der Waals surface area (Å²) in [6.07, 6.45) is 0.421. The van der Waals surface area contributed by atoms with Crippen LogP contribution in [-0.4, -0.2) is 10.5 Å². The molecule has 0 radical (unpaired) electrons. The van der Waals surface area contributed by atoms with E-state index in [1.807, 2.05) is 13.8 Å². The van der Waals surface area contributed by atoms with Crippen LogP contribution in [0.2, 0.25) is 5.02 Å². The molecule has 0 aliphatic heterocycles. The monoisotopic (exact) mass is 228 g/mol. The van der Waals surface area contributed by atoms with Gasteiger partial charge in [-0.3, -0.25) is 10.1 Å². The second-order valence-corrected chi connectivity index (χ2v) is 4.63. The smallest absolute Gasteiger partial charge is 0.272 e. The van der Waals surface area contributed by atoms with Gasteiger partial charge in [0.2, 0.25) is 0 Å². The zero-order chi connectivity index (χ0) is 11.6. The molecule has 0 spiro atoms. The van der Waals surface area contributed by atoms with Crippen molar-refractivity contribution in [3.05, 3.63) is 38.9 Å². The lowest BCUT2D eigenvalue weighted by Gasteiger charge is -2.18. The highest BCUT2D eigenvalue weighted by molar-refractivity contribution is 6.30. The first-order valence-corrected chi connectivity index (χ1v) is 4.89. The molecule has 4 nitrogen and oxygen atoms in total. The summed E-state index contributed by atoms with van der Waals surface area (Å²) in [6, 6.07) is 4.50. The molecule has 0 bridgehead atoms. The van der Waals surface area contributed by atoms with Crippen molar-refractivity contribution in [2.45, 2.75) is 25.8 Å². The quantitative estimate of drug-likeness (QED) is 0.639. The second kappa shape index (κ2) is 4.16. The van der Waals surface area contributed by atoms with E-state index >= 15 is 0 Å². The molecule has 1 rings (SSSR count). The SMILES string of the molecule is CC(C)(N)Cc1cc(Cl)ccc1[N+](=O)[O-]. The minimum absolute atomic E-state index is 0.0675. The van der Waals surface area contributed by atoms with Crippen LogP contribution in [0.1, 0.15) is 19.4 Å². The summed E-state index contributed by atoms with van der Waals surface area (Å²) in [5.41, 5.74) is 5.97. The largest absolute Gasteiger partial charge is 0.325 e. The molecule has 0 fully saturated rings. The lowest BCUT2D eigenvalue weighted by Crippen LogP contribution is -2.34. The van der Waals surface area contributed by atoms with Crippen LogP contribution in [0.3, 0.4) is 0 Å². The van der Waals surface area contributed by atoms with Crippen molar-refractivity contribution >= 4 is 17.3 Å². The molecule has 0 saturated heterocycles. The Hall–Kier alpha value is -1.13. The van der Waals surface area contributed by atoms with Crippen molar-refractivity contribution in [1.29, 1.82) is 0 Å². The van der Waals surface area contributed by atoms with Gasteiger partial charge in [-0.2, -0.15) is 0 Å². The average Bonchev–Trinajstić information content (AvgIpc) is 1.99. The average molecular weight is 229 g/mol. The zero-order valence-corrected chi connectivity index (χ0v) is 9.41. The summed E-state index contributed by atoms with van der Waals surface area (Å²) >= 11 is 5.79. The van der Waals surface area contributed by atoms with Crippen LogP contribution in [0.15, 0.2) is 18.2 Å². The second-order valence-electron chi connectivity index (χ2n) is 4.20. The lowest BCUT2D eigenvalue weighted by atomic mass is 9.95. The van der Waals surface area contributed by atoms with Gasteiger partial charge in [-0.1, -0.05) is 11.6 Å². The van der Waals surface area contributed by atoms with E-state index in [1.54, 1.807) is 6.07 Å². The number of nitrogens with two attached hydrogens (primary N) is 1. The minimum atomic E-state index is -0.491. The van der Waals surface area contributed by atoms with Crippen LogP contribution in [0, 0.1) is 10.1 Å². The van der Waals surface area contributed by atoms with Crippen LogP contribution >= 0.6 is 11.6 Å². The molecular weight excluding hydrogens is 216 g/mol. The summed E-state index contributed by atoms with van der Waals surface area (Å²) in [6.45, 7) is 3.63. The number of benzene rings is 1. The van der Waals surface area contributed by atoms with E-state index < -0.39 is 10.5 Å². The van der Waals surface area contributed by atoms with Gasteiger partial charge >= 0.3 is 0 Å². The van der Waals surface area contributed by atoms with Crippen LogP contribution in [0.5, 0.6) is 0 Å². The Morgan fingerprint density at radius 3 is 2.60 bits per heavy atom. The van der Waals surface area contributed by atoms with E-state index in [0.717, 1.165) is 0 Å². The van der Waals surface area contributed by atoms with Gasteiger partial charge in [0.1, 0.15) is 0 Å². The first-order chi connectivity index (χ1) is 6.79. The van der Waals surface area contributed by atoms with Crippen LogP contribution < -0.4 is 5.73 Å². The number of hydrogen-bond acceptors (Lipinski definition) is 3. The van der Waals surface area contributed by atoms with Gasteiger partial charge in [-0.25, -0.2) is 0 Å². The maximum Gasteiger partial charge on any atom is 0.272 e. The van der Waals surface area contributed by atoms with Crippen molar-refractivity contribution in [2.75, 3.05) is 0 Å². The topological polar surface area (TPSA) is 69.2 Å². The summed E-state index contributed by atoms with van der Waals surface area (Å²) in [4.78, 5) is 10.3. The number of nitrogens with zero attached hydrogens (tertiary/aromatic N) is 1. The van der Waals surface area contributed by atoms with Crippen molar-refractivity contribution in [1.82, 2.24) is 0 Å². The molecule has 2 N–H and O–H groups in total. The molecule has 0 heterocycles. The molecule has 0 aliphatic rings. The highest BCUT2D eigenvalue weighted by Gasteiger charge is 2.20. The Kier molecular flexibility index (Phi) is 3.31. The Labute approximate surface area is 93.2 Å². The van der Waals surface area contributed by atoms with Crippen LogP contribution in [-0.2, 0) is 6.42 Å². The van der Waals surface area contributed by atoms with E-state index in [2.05, 4.69) is 0 Å². The molecule has 0 unspecified atom stereocenters. The predicted octanol–water partition coefficient (Wildman–Crippen LogP) is 2.53. The number of nitro groups is 1. The Bertz CT molecular complexity index is 385. The van der Waals surface area contributed by atoms with Crippen LogP contribution in [0.4, 0.5) is 5.69 Å². The van der Waals surface area contributed by atoms with Crippen LogP contribution in [0.25, 0.3) is 0 Å². The molecule has 0 aromatic heterocycles. The normalized spacial score (nSPS) is 11.5. The third-order valence-electron chi connectivity index (χ3n) is 1.88. The third kappa shape index (κ3) is 3.49. The van der Waals surface area contributed by atoms with Gasteiger partial charge in [-0.15, -0.1) is 0 Å². The molecule has 0 aliphatic carbocycles. The Morgan fingerprint density at radius 1 is 1.53 bits per heavy atom. The third-order valence-corrected chi connectivity index (χ3v) is 2.12. The molecule has 5 heteroatoms. The lowest BCUT2D eigenvalue weighted by molar-refractivity contribution is -0.385. The number of halogens is 1. The zero-order valence-electron chi connectivity index (χ0n) is 8.66. The standard InChI is InChI=1S/C10H13ClN2O2/c1-10(2,12)6-7-5-8(11)3-4-9(7)13(14)15/h3-5H,6,12H2,1-2H3. The maximum atomic E-state index is 10.7. The van der Waals surface area contributed by atoms with E-state index in [9.17, 15) is 10.1 Å². The van der Waals surface area contributed by atoms with E-state index in [0.29, 0.717) is 17.0 Å². The fraction of sp³-hybridized carbons (Fsp3) is 0.400. The molecule has 82 valence electrons. The van der Waals surface area contributed by atoms with Crippen molar-refractivity contribution in [3.8, 4) is 0 Å². The number of rotatable bonds is 3. The van der Waals surface area contributed by atoms with Gasteiger partial charge in [0.05, 0.1) is 4.92 Å². The molecule has 0 saturated carbocycles. The summed E-state index contributed by atoms with van der Waals surface area (Å²) < 4.78 is 0. The summed E-state index contributed by atoms with van der Waals surface area (Å²) in [7, 11) is 0. The predicted molar refractivity (Wildman–Crippen MR) is 60.1 cm³/mol. The first-order valence-electron chi connectivity index (χ1n) is 4.51. The molecule has 15 heavy (non-hydrogen) atoms. The number of hydrogen-bond donors (Lipinski definition) is 1. The summed E-state index contributed by atoms with van der Waals surface area (Å²) in [5.74, 6) is 0. The molecular formula is C10H13ClN2O2. The van der Waals surface area contributed by atoms with E-state index in [4.69, 9.17) is 17.3 Å². The van der Waals surface area contributed by atoms with Gasteiger partial charge in [0, 0.05) is 22.2 Å². The fourth-order valence-electron chi connectivity index (χ4n) is 1.36. The van der Waals surface area contributed by atoms with E-state index in [1.165, 1.54) is 12.1 Å². The van der Waals surface area contributed by atoms with Gasteiger partial charge in [0.15, 0.2) is 0 Å². The molecule has 0 atom stereocenters. The van der Waals surface area contributed by atoms with E-state index in [-0.39, 0.29) is 5.69 Å². The summed E-state index contributed by atoms with van der Waals surface area (Å²) in [5, 5.41) is 11.2. The van der Waals surface area contributed by atoms with Crippen molar-refractivity contribution in [3.63, 3.8) is 0 Å². The highest BCUT2D eigenvalue weighted by Crippen LogP contribution is 2.25. The first kappa shape index (κ1) is 11.9. The number of nitro benzene ring substituents is 1. The maximum absolute atomic E-state index is 10.7. The fourth-order valence-corrected chi connectivity index (χ4v) is 1.56. The molecule has 1 aromatic carbocycles. The Morgan fingerprint density at radius 2 is 2.13 bits per heavy atom. The van der Waals surface area contributed by atoms with Crippen molar-refractivity contribution < 1.29 is 4.92 Å². The van der Waals surface area contributed by atoms with Crippen molar-refractivity contribution in [2.24, 2.45) is 5.73 Å². The minimum Gasteiger partial charge on any atom is -0.325 e. The Balaban J connectivity index is 3.13. The molecule has 0 amide bonds. The highest BCUT2D eigenvalue weighted by atomic mass is 35.5.